The van der Waals surface area contributed by atoms with Crippen molar-refractivity contribution in [3.63, 3.8) is 0 Å². The number of piperidine rings is 1. The van der Waals surface area contributed by atoms with Crippen molar-refractivity contribution in [2.45, 2.75) is 51.7 Å². The van der Waals surface area contributed by atoms with E-state index in [2.05, 4.69) is 31.3 Å². The van der Waals surface area contributed by atoms with Gasteiger partial charge in [-0.2, -0.15) is 0 Å². The van der Waals surface area contributed by atoms with Gasteiger partial charge in [0.2, 0.25) is 0 Å². The molecular weight excluding hydrogens is 230 g/mol. The molecule has 17 heavy (non-hydrogen) atoms. The van der Waals surface area contributed by atoms with Crippen molar-refractivity contribution in [2.24, 2.45) is 5.92 Å². The molecule has 2 N–H and O–H groups in total. The van der Waals surface area contributed by atoms with Gasteiger partial charge in [0, 0.05) is 15.8 Å². The van der Waals surface area contributed by atoms with Crippen LogP contribution in [0.1, 0.15) is 49.0 Å². The highest BCUT2D eigenvalue weighted by Crippen LogP contribution is 2.31. The topological polar surface area (TPSA) is 32.3 Å². The first-order valence-electron chi connectivity index (χ1n) is 6.74. The van der Waals surface area contributed by atoms with Gasteiger partial charge < -0.3 is 10.4 Å². The molecule has 1 aliphatic heterocycles. The van der Waals surface area contributed by atoms with Crippen LogP contribution in [0.5, 0.6) is 0 Å². The fourth-order valence-electron chi connectivity index (χ4n) is 2.59. The summed E-state index contributed by atoms with van der Waals surface area (Å²) in [6.45, 7) is 5.46. The van der Waals surface area contributed by atoms with Crippen molar-refractivity contribution < 1.29 is 5.11 Å². The van der Waals surface area contributed by atoms with E-state index in [9.17, 15) is 5.11 Å². The number of thiophene rings is 1. The van der Waals surface area contributed by atoms with Gasteiger partial charge in [-0.25, -0.2) is 0 Å². The first kappa shape index (κ1) is 13.1. The number of nitrogens with one attached hydrogen (secondary N) is 1. The molecule has 0 bridgehead atoms. The summed E-state index contributed by atoms with van der Waals surface area (Å²) in [6, 6.07) is 4.48. The van der Waals surface area contributed by atoms with Gasteiger partial charge in [0.05, 0.1) is 0 Å². The molecule has 2 heterocycles. The van der Waals surface area contributed by atoms with Gasteiger partial charge in [0.15, 0.2) is 0 Å². The Kier molecular flexibility index (Phi) is 4.60. The second-order valence-electron chi connectivity index (χ2n) is 4.96. The molecular formula is C14H23NOS. The third-order valence-corrected chi connectivity index (χ3v) is 5.13. The molecule has 2 rings (SSSR count). The lowest BCUT2D eigenvalue weighted by atomic mass is 9.88. The summed E-state index contributed by atoms with van der Waals surface area (Å²) >= 11 is 1.75. The van der Waals surface area contributed by atoms with Crippen molar-refractivity contribution in [1.29, 1.82) is 0 Å². The molecule has 3 unspecified atom stereocenters. The highest BCUT2D eigenvalue weighted by atomic mass is 32.1. The van der Waals surface area contributed by atoms with E-state index in [1.807, 2.05) is 0 Å². The van der Waals surface area contributed by atoms with Crippen molar-refractivity contribution in [2.75, 3.05) is 6.54 Å². The lowest BCUT2D eigenvalue weighted by Gasteiger charge is -2.32. The van der Waals surface area contributed by atoms with Crippen molar-refractivity contribution in [1.82, 2.24) is 5.32 Å². The van der Waals surface area contributed by atoms with E-state index >= 15 is 0 Å². The van der Waals surface area contributed by atoms with Crippen molar-refractivity contribution in [3.05, 3.63) is 21.9 Å². The molecule has 1 saturated heterocycles. The average molecular weight is 253 g/mol. The first-order valence-corrected chi connectivity index (χ1v) is 7.56. The Morgan fingerprint density at radius 3 is 2.94 bits per heavy atom. The normalized spacial score (nSPS) is 27.0. The van der Waals surface area contributed by atoms with Crippen LogP contribution in [0.3, 0.4) is 0 Å². The van der Waals surface area contributed by atoms with E-state index in [-0.39, 0.29) is 12.1 Å². The molecule has 0 saturated carbocycles. The molecule has 0 radical (unpaired) electrons. The molecule has 0 amide bonds. The van der Waals surface area contributed by atoms with Crippen molar-refractivity contribution in [3.8, 4) is 0 Å². The molecule has 3 atom stereocenters. The van der Waals surface area contributed by atoms with Crippen LogP contribution < -0.4 is 5.32 Å². The third kappa shape index (κ3) is 3.09. The summed E-state index contributed by atoms with van der Waals surface area (Å²) in [7, 11) is 0. The van der Waals surface area contributed by atoms with Crippen LogP contribution in [0.2, 0.25) is 0 Å². The number of aliphatic hydroxyl groups is 1. The average Bonchev–Trinajstić information content (AvgIpc) is 2.86. The van der Waals surface area contributed by atoms with Gasteiger partial charge in [-0.3, -0.25) is 0 Å². The van der Waals surface area contributed by atoms with Crippen LogP contribution in [0.25, 0.3) is 0 Å². The third-order valence-electron chi connectivity index (χ3n) is 3.83. The van der Waals surface area contributed by atoms with Crippen LogP contribution in [0.4, 0.5) is 0 Å². The van der Waals surface area contributed by atoms with Gasteiger partial charge in [-0.05, 0) is 43.9 Å². The minimum atomic E-state index is -0.324. The highest BCUT2D eigenvalue weighted by Gasteiger charge is 2.27. The SMILES string of the molecule is CCc1ccc(C(O)C2CC(CC)CCN2)s1. The standard InChI is InChI=1S/C14H23NOS/c1-3-10-7-8-15-12(9-10)14(16)13-6-5-11(4-2)17-13/h5-6,10,12,14-16H,3-4,7-9H2,1-2H3. The predicted molar refractivity (Wildman–Crippen MR) is 73.5 cm³/mol. The number of hydrogen-bond donors (Lipinski definition) is 2. The number of aliphatic hydroxyl groups excluding tert-OH is 1. The summed E-state index contributed by atoms with van der Waals surface area (Å²) < 4.78 is 0. The largest absolute Gasteiger partial charge is 0.386 e. The summed E-state index contributed by atoms with van der Waals surface area (Å²) in [5.41, 5.74) is 0. The summed E-state index contributed by atoms with van der Waals surface area (Å²) in [4.78, 5) is 2.48. The number of rotatable bonds is 4. The zero-order valence-electron chi connectivity index (χ0n) is 10.8. The molecule has 0 spiro atoms. The van der Waals surface area contributed by atoms with Crippen molar-refractivity contribution >= 4 is 11.3 Å². The molecule has 0 aliphatic carbocycles. The molecule has 1 aromatic rings. The van der Waals surface area contributed by atoms with E-state index in [1.165, 1.54) is 17.7 Å². The van der Waals surface area contributed by atoms with E-state index < -0.39 is 0 Å². The minimum Gasteiger partial charge on any atom is -0.386 e. The van der Waals surface area contributed by atoms with E-state index in [4.69, 9.17) is 0 Å². The Bertz CT molecular complexity index is 350. The maximum absolute atomic E-state index is 10.4. The quantitative estimate of drug-likeness (QED) is 0.864. The zero-order chi connectivity index (χ0) is 12.3. The van der Waals surface area contributed by atoms with Gasteiger partial charge >= 0.3 is 0 Å². The van der Waals surface area contributed by atoms with Crippen LogP contribution in [-0.2, 0) is 6.42 Å². The lowest BCUT2D eigenvalue weighted by Crippen LogP contribution is -2.41. The molecule has 0 aromatic carbocycles. The van der Waals surface area contributed by atoms with Gasteiger partial charge in [-0.15, -0.1) is 11.3 Å². The first-order chi connectivity index (χ1) is 8.24. The smallest absolute Gasteiger partial charge is 0.103 e. The van der Waals surface area contributed by atoms with Gasteiger partial charge in [0.25, 0.3) is 0 Å². The van der Waals surface area contributed by atoms with Gasteiger partial charge in [-0.1, -0.05) is 20.3 Å². The second kappa shape index (κ2) is 5.98. The highest BCUT2D eigenvalue weighted by molar-refractivity contribution is 7.12. The Morgan fingerprint density at radius 2 is 2.29 bits per heavy atom. The van der Waals surface area contributed by atoms with E-state index in [0.29, 0.717) is 0 Å². The summed E-state index contributed by atoms with van der Waals surface area (Å²) in [5, 5.41) is 13.9. The minimum absolute atomic E-state index is 0.247. The Balaban J connectivity index is 2.00. The Labute approximate surface area is 108 Å². The second-order valence-corrected chi connectivity index (χ2v) is 6.16. The molecule has 1 fully saturated rings. The van der Waals surface area contributed by atoms with Gasteiger partial charge in [0.1, 0.15) is 6.10 Å². The monoisotopic (exact) mass is 253 g/mol. The molecule has 1 aliphatic rings. The predicted octanol–water partition coefficient (Wildman–Crippen LogP) is 3.12. The molecule has 3 heteroatoms. The fraction of sp³-hybridized carbons (Fsp3) is 0.714. The summed E-state index contributed by atoms with van der Waals surface area (Å²) in [6.07, 6.45) is 4.33. The summed E-state index contributed by atoms with van der Waals surface area (Å²) in [5.74, 6) is 0.779. The molecule has 1 aromatic heterocycles. The van der Waals surface area contributed by atoms with E-state index in [0.717, 1.165) is 30.2 Å². The van der Waals surface area contributed by atoms with Crippen LogP contribution in [0.15, 0.2) is 12.1 Å². The van der Waals surface area contributed by atoms with Crippen LogP contribution in [-0.4, -0.2) is 17.7 Å². The maximum Gasteiger partial charge on any atom is 0.103 e. The zero-order valence-corrected chi connectivity index (χ0v) is 11.6. The lowest BCUT2D eigenvalue weighted by molar-refractivity contribution is 0.101. The number of hydrogen-bond acceptors (Lipinski definition) is 3. The Hall–Kier alpha value is -0.380. The van der Waals surface area contributed by atoms with Crippen LogP contribution >= 0.6 is 11.3 Å². The van der Waals surface area contributed by atoms with E-state index in [1.54, 1.807) is 11.3 Å². The van der Waals surface area contributed by atoms with Crippen LogP contribution in [0, 0.1) is 5.92 Å². The maximum atomic E-state index is 10.4. The molecule has 2 nitrogen and oxygen atoms in total. The fourth-order valence-corrected chi connectivity index (χ4v) is 3.59. The Morgan fingerprint density at radius 1 is 1.47 bits per heavy atom. The number of aryl methyl sites for hydroxylation is 1. The molecule has 96 valence electrons.